The van der Waals surface area contributed by atoms with E-state index in [1.54, 1.807) is 11.3 Å². The summed E-state index contributed by atoms with van der Waals surface area (Å²) in [7, 11) is 0. The van der Waals surface area contributed by atoms with Gasteiger partial charge in [-0.15, -0.1) is 22.9 Å². The molecule has 1 heterocycles. The van der Waals surface area contributed by atoms with Crippen LogP contribution in [0.1, 0.15) is 22.1 Å². The second kappa shape index (κ2) is 5.16. The lowest BCUT2D eigenvalue weighted by molar-refractivity contribution is 1.16. The molecule has 3 aromatic rings. The van der Waals surface area contributed by atoms with Crippen molar-refractivity contribution < 1.29 is 0 Å². The van der Waals surface area contributed by atoms with Crippen LogP contribution >= 0.6 is 34.5 Å². The van der Waals surface area contributed by atoms with E-state index in [2.05, 4.69) is 17.5 Å². The first-order valence-electron chi connectivity index (χ1n) is 6.03. The zero-order valence-electron chi connectivity index (χ0n) is 10.4. The van der Waals surface area contributed by atoms with Gasteiger partial charge in [0.05, 0.1) is 5.38 Å². The molecule has 2 aromatic carbocycles. The van der Waals surface area contributed by atoms with Gasteiger partial charge >= 0.3 is 0 Å². The molecule has 0 radical (unpaired) electrons. The summed E-state index contributed by atoms with van der Waals surface area (Å²) in [4.78, 5) is 0. The molecule has 1 unspecified atom stereocenters. The van der Waals surface area contributed by atoms with Crippen LogP contribution in [0.15, 0.2) is 47.8 Å². The molecule has 0 amide bonds. The van der Waals surface area contributed by atoms with Crippen molar-refractivity contribution in [3.8, 4) is 0 Å². The first-order valence-corrected chi connectivity index (χ1v) is 7.73. The van der Waals surface area contributed by atoms with E-state index in [1.807, 2.05) is 37.3 Å². The lowest BCUT2D eigenvalue weighted by Crippen LogP contribution is -1.94. The minimum atomic E-state index is -0.205. The third-order valence-corrected chi connectivity index (χ3v) is 5.25. The van der Waals surface area contributed by atoms with E-state index in [4.69, 9.17) is 23.2 Å². The fraction of sp³-hybridized carbons (Fsp3) is 0.125. The van der Waals surface area contributed by atoms with E-state index in [0.29, 0.717) is 0 Å². The van der Waals surface area contributed by atoms with E-state index in [1.165, 1.54) is 10.1 Å². The van der Waals surface area contributed by atoms with Gasteiger partial charge in [-0.1, -0.05) is 48.0 Å². The van der Waals surface area contributed by atoms with E-state index in [0.717, 1.165) is 21.7 Å². The maximum atomic E-state index is 6.65. The van der Waals surface area contributed by atoms with Crippen LogP contribution in [0, 0.1) is 6.92 Å². The Hall–Kier alpha value is -1.02. The number of benzene rings is 2. The van der Waals surface area contributed by atoms with Crippen LogP contribution in [0.4, 0.5) is 0 Å². The zero-order valence-corrected chi connectivity index (χ0v) is 12.7. The Labute approximate surface area is 126 Å². The van der Waals surface area contributed by atoms with Crippen molar-refractivity contribution in [3.05, 3.63) is 69.6 Å². The number of hydrogen-bond acceptors (Lipinski definition) is 1. The van der Waals surface area contributed by atoms with Crippen LogP contribution in [-0.4, -0.2) is 0 Å². The van der Waals surface area contributed by atoms with Crippen molar-refractivity contribution in [1.29, 1.82) is 0 Å². The number of hydrogen-bond donors (Lipinski definition) is 0. The Morgan fingerprint density at radius 1 is 1.00 bits per heavy atom. The standard InChI is InChI=1S/C16H12Cl2S/c1-10-5-4-7-12(15(10)17)16(18)13-9-19-14-8-3-2-6-11(13)14/h2-9,16H,1H3. The normalized spacial score (nSPS) is 12.8. The quantitative estimate of drug-likeness (QED) is 0.495. The molecule has 3 heteroatoms. The number of aryl methyl sites for hydroxylation is 1. The smallest absolute Gasteiger partial charge is 0.0863 e. The van der Waals surface area contributed by atoms with E-state index in [9.17, 15) is 0 Å². The predicted octanol–water partition coefficient (Wildman–Crippen LogP) is 6.19. The molecule has 1 aromatic heterocycles. The van der Waals surface area contributed by atoms with Crippen LogP contribution in [0.2, 0.25) is 5.02 Å². The van der Waals surface area contributed by atoms with Gasteiger partial charge in [0.2, 0.25) is 0 Å². The second-order valence-corrected chi connectivity index (χ2v) is 6.25. The van der Waals surface area contributed by atoms with Crippen molar-refractivity contribution in [1.82, 2.24) is 0 Å². The van der Waals surface area contributed by atoms with Crippen molar-refractivity contribution in [3.63, 3.8) is 0 Å². The molecule has 0 aliphatic rings. The van der Waals surface area contributed by atoms with Crippen LogP contribution in [0.3, 0.4) is 0 Å². The summed E-state index contributed by atoms with van der Waals surface area (Å²) in [6.45, 7) is 2.00. The fourth-order valence-corrected chi connectivity index (χ4v) is 3.94. The third-order valence-electron chi connectivity index (χ3n) is 3.28. The summed E-state index contributed by atoms with van der Waals surface area (Å²) in [6.07, 6.45) is 0. The molecule has 0 saturated carbocycles. The van der Waals surface area contributed by atoms with Crippen LogP contribution in [-0.2, 0) is 0 Å². The average Bonchev–Trinajstić information content (AvgIpc) is 2.85. The van der Waals surface area contributed by atoms with Gasteiger partial charge in [-0.25, -0.2) is 0 Å². The maximum Gasteiger partial charge on any atom is 0.0863 e. The second-order valence-electron chi connectivity index (χ2n) is 4.53. The van der Waals surface area contributed by atoms with Gasteiger partial charge in [-0.2, -0.15) is 0 Å². The number of thiophene rings is 1. The molecule has 1 atom stereocenters. The molecule has 0 aliphatic heterocycles. The summed E-state index contributed by atoms with van der Waals surface area (Å²) in [5.74, 6) is 0. The zero-order chi connectivity index (χ0) is 13.4. The number of alkyl halides is 1. The van der Waals surface area contributed by atoms with Gasteiger partial charge in [-0.05, 0) is 40.4 Å². The molecule has 0 aliphatic carbocycles. The van der Waals surface area contributed by atoms with Gasteiger partial charge in [0.25, 0.3) is 0 Å². The SMILES string of the molecule is Cc1cccc(C(Cl)c2csc3ccccc23)c1Cl. The number of fused-ring (bicyclic) bond motifs is 1. The Balaban J connectivity index is 2.13. The van der Waals surface area contributed by atoms with Crippen molar-refractivity contribution >= 4 is 44.6 Å². The van der Waals surface area contributed by atoms with Gasteiger partial charge in [0.1, 0.15) is 0 Å². The first-order chi connectivity index (χ1) is 9.18. The van der Waals surface area contributed by atoms with E-state index >= 15 is 0 Å². The summed E-state index contributed by atoms with van der Waals surface area (Å²) >= 11 is 14.7. The highest BCUT2D eigenvalue weighted by atomic mass is 35.5. The molecule has 19 heavy (non-hydrogen) atoms. The highest BCUT2D eigenvalue weighted by Gasteiger charge is 2.18. The predicted molar refractivity (Wildman–Crippen MR) is 85.7 cm³/mol. The summed E-state index contributed by atoms with van der Waals surface area (Å²) in [5.41, 5.74) is 3.17. The lowest BCUT2D eigenvalue weighted by Gasteiger charge is -2.12. The lowest BCUT2D eigenvalue weighted by atomic mass is 10.0. The number of halogens is 2. The largest absolute Gasteiger partial charge is 0.143 e. The highest BCUT2D eigenvalue weighted by Crippen LogP contribution is 2.40. The maximum absolute atomic E-state index is 6.65. The molecule has 96 valence electrons. The molecule has 0 N–H and O–H groups in total. The first kappa shape index (κ1) is 13.0. The molecule has 0 saturated heterocycles. The van der Waals surface area contributed by atoms with Crippen molar-refractivity contribution in [2.45, 2.75) is 12.3 Å². The Morgan fingerprint density at radius 2 is 1.79 bits per heavy atom. The van der Waals surface area contributed by atoms with Gasteiger partial charge in [0.15, 0.2) is 0 Å². The third kappa shape index (κ3) is 2.27. The Kier molecular flexibility index (Phi) is 3.53. The molecule has 0 bridgehead atoms. The minimum absolute atomic E-state index is 0.205. The fourth-order valence-electron chi connectivity index (χ4n) is 2.23. The van der Waals surface area contributed by atoms with Crippen LogP contribution in [0.25, 0.3) is 10.1 Å². The number of rotatable bonds is 2. The van der Waals surface area contributed by atoms with Gasteiger partial charge in [-0.3, -0.25) is 0 Å². The van der Waals surface area contributed by atoms with Crippen molar-refractivity contribution in [2.75, 3.05) is 0 Å². The topological polar surface area (TPSA) is 0 Å². The minimum Gasteiger partial charge on any atom is -0.143 e. The molecule has 0 fully saturated rings. The van der Waals surface area contributed by atoms with Crippen LogP contribution < -0.4 is 0 Å². The summed E-state index contributed by atoms with van der Waals surface area (Å²) in [5, 5.41) is 3.90. The van der Waals surface area contributed by atoms with Crippen LogP contribution in [0.5, 0.6) is 0 Å². The van der Waals surface area contributed by atoms with Gasteiger partial charge in [0, 0.05) is 9.72 Å². The van der Waals surface area contributed by atoms with Gasteiger partial charge < -0.3 is 0 Å². The molecule has 3 rings (SSSR count). The van der Waals surface area contributed by atoms with E-state index < -0.39 is 0 Å². The summed E-state index contributed by atoms with van der Waals surface area (Å²) < 4.78 is 1.26. The van der Waals surface area contributed by atoms with E-state index in [-0.39, 0.29) is 5.38 Å². The Bertz CT molecular complexity index is 730. The molecule has 0 spiro atoms. The Morgan fingerprint density at radius 3 is 2.63 bits per heavy atom. The molecular formula is C16H12Cl2S. The monoisotopic (exact) mass is 306 g/mol. The molecule has 0 nitrogen and oxygen atoms in total. The van der Waals surface area contributed by atoms with Crippen molar-refractivity contribution in [2.24, 2.45) is 0 Å². The summed E-state index contributed by atoms with van der Waals surface area (Å²) in [6, 6.07) is 14.3. The highest BCUT2D eigenvalue weighted by molar-refractivity contribution is 7.17. The molecular weight excluding hydrogens is 295 g/mol. The average molecular weight is 307 g/mol.